The van der Waals surface area contributed by atoms with Crippen LogP contribution in [-0.2, 0) is 4.74 Å². The lowest BCUT2D eigenvalue weighted by Gasteiger charge is -1.97. The van der Waals surface area contributed by atoms with Crippen molar-refractivity contribution < 1.29 is 9.53 Å². The van der Waals surface area contributed by atoms with Gasteiger partial charge in [-0.05, 0) is 6.42 Å². The van der Waals surface area contributed by atoms with Crippen molar-refractivity contribution in [2.24, 2.45) is 0 Å². The summed E-state index contributed by atoms with van der Waals surface area (Å²) in [5.41, 5.74) is 0.772. The van der Waals surface area contributed by atoms with Crippen molar-refractivity contribution in [3.05, 3.63) is 35.9 Å². The molecule has 2 heteroatoms. The number of unbranched alkanes of at least 4 members (excludes halogenated alkanes) is 3. The molecule has 0 bridgehead atoms. The van der Waals surface area contributed by atoms with Gasteiger partial charge in [0, 0.05) is 5.56 Å². The minimum atomic E-state index is -0.168. The van der Waals surface area contributed by atoms with Crippen molar-refractivity contribution in [3.8, 4) is 0 Å². The maximum atomic E-state index is 12.0. The quantitative estimate of drug-likeness (QED) is 0.408. The van der Waals surface area contributed by atoms with Crippen molar-refractivity contribution in [1.29, 1.82) is 0 Å². The van der Waals surface area contributed by atoms with Crippen molar-refractivity contribution >= 4 is 5.78 Å². The summed E-state index contributed by atoms with van der Waals surface area (Å²) >= 11 is 0. The van der Waals surface area contributed by atoms with E-state index in [0.29, 0.717) is 0 Å². The Bertz CT molecular complexity index is 358. The number of benzene rings is 1. The van der Waals surface area contributed by atoms with E-state index in [0.717, 1.165) is 12.0 Å². The molecule has 0 aliphatic carbocycles. The fourth-order valence-electron chi connectivity index (χ4n) is 2.13. The van der Waals surface area contributed by atoms with Gasteiger partial charge in [0.05, 0.1) is 6.10 Å². The van der Waals surface area contributed by atoms with E-state index < -0.39 is 0 Å². The van der Waals surface area contributed by atoms with Gasteiger partial charge < -0.3 is 4.74 Å². The first-order chi connectivity index (χ1) is 8.33. The number of carbonyl (C=O) groups is 1. The Balaban J connectivity index is 1.73. The molecule has 92 valence electrons. The van der Waals surface area contributed by atoms with Crippen LogP contribution >= 0.6 is 0 Å². The highest BCUT2D eigenvalue weighted by atomic mass is 16.6. The smallest absolute Gasteiger partial charge is 0.194 e. The van der Waals surface area contributed by atoms with Crippen LogP contribution in [0.25, 0.3) is 0 Å². The summed E-state index contributed by atoms with van der Waals surface area (Å²) in [5.74, 6) is 0.145. The lowest BCUT2D eigenvalue weighted by Crippen LogP contribution is -2.10. The number of rotatable bonds is 7. The maximum Gasteiger partial charge on any atom is 0.194 e. The average Bonchev–Trinajstić information content (AvgIpc) is 3.14. The number of ketones is 1. The maximum absolute atomic E-state index is 12.0. The predicted octanol–water partition coefficient (Wildman–Crippen LogP) is 3.61. The Morgan fingerprint density at radius 2 is 1.94 bits per heavy atom. The van der Waals surface area contributed by atoms with Gasteiger partial charge >= 0.3 is 0 Å². The highest BCUT2D eigenvalue weighted by Gasteiger charge is 2.44. The van der Waals surface area contributed by atoms with Crippen LogP contribution in [-0.4, -0.2) is 18.0 Å². The molecule has 1 saturated heterocycles. The molecule has 1 aromatic carbocycles. The van der Waals surface area contributed by atoms with Crippen LogP contribution in [0.5, 0.6) is 0 Å². The Morgan fingerprint density at radius 1 is 1.18 bits per heavy atom. The molecule has 0 spiro atoms. The topological polar surface area (TPSA) is 29.6 Å². The molecule has 2 atom stereocenters. The van der Waals surface area contributed by atoms with Gasteiger partial charge in [0.25, 0.3) is 0 Å². The Kier molecular flexibility index (Phi) is 4.32. The summed E-state index contributed by atoms with van der Waals surface area (Å²) in [5, 5.41) is 0. The van der Waals surface area contributed by atoms with E-state index in [1.54, 1.807) is 0 Å². The molecular weight excluding hydrogens is 212 g/mol. The summed E-state index contributed by atoms with van der Waals surface area (Å²) in [7, 11) is 0. The predicted molar refractivity (Wildman–Crippen MR) is 68.2 cm³/mol. The zero-order valence-electron chi connectivity index (χ0n) is 10.4. The number of carbonyl (C=O) groups excluding carboxylic acids is 1. The molecule has 1 heterocycles. The molecule has 1 fully saturated rings. The minimum absolute atomic E-state index is 0.145. The highest BCUT2D eigenvalue weighted by Crippen LogP contribution is 2.30. The normalized spacial score (nSPS) is 22.4. The molecule has 0 saturated carbocycles. The molecule has 1 aliphatic rings. The second-order valence-electron chi connectivity index (χ2n) is 4.67. The first-order valence-corrected chi connectivity index (χ1v) is 6.57. The van der Waals surface area contributed by atoms with Crippen LogP contribution in [0.1, 0.15) is 49.4 Å². The van der Waals surface area contributed by atoms with Crippen molar-refractivity contribution in [2.75, 3.05) is 0 Å². The number of ether oxygens (including phenoxy) is 1. The zero-order chi connectivity index (χ0) is 12.1. The third-order valence-corrected chi connectivity index (χ3v) is 3.24. The molecule has 1 aromatic rings. The summed E-state index contributed by atoms with van der Waals surface area (Å²) < 4.78 is 5.46. The van der Waals surface area contributed by atoms with E-state index in [2.05, 4.69) is 6.92 Å². The Labute approximate surface area is 103 Å². The molecule has 0 unspecified atom stereocenters. The third kappa shape index (κ3) is 3.40. The van der Waals surface area contributed by atoms with Crippen molar-refractivity contribution in [1.82, 2.24) is 0 Å². The summed E-state index contributed by atoms with van der Waals surface area (Å²) in [4.78, 5) is 12.0. The van der Waals surface area contributed by atoms with Crippen molar-refractivity contribution in [2.45, 2.75) is 51.2 Å². The zero-order valence-corrected chi connectivity index (χ0v) is 10.4. The SMILES string of the molecule is CCCCCC[C@H]1O[C@H]1C(=O)c1ccccc1. The molecule has 2 nitrogen and oxygen atoms in total. The number of hydrogen-bond acceptors (Lipinski definition) is 2. The highest BCUT2D eigenvalue weighted by molar-refractivity contribution is 6.01. The Morgan fingerprint density at radius 3 is 2.65 bits per heavy atom. The molecule has 0 amide bonds. The van der Waals surface area contributed by atoms with E-state index in [4.69, 9.17) is 4.74 Å². The number of hydrogen-bond donors (Lipinski definition) is 0. The first-order valence-electron chi connectivity index (χ1n) is 6.57. The second kappa shape index (κ2) is 5.97. The summed E-state index contributed by atoms with van der Waals surface area (Å²) in [6.45, 7) is 2.20. The molecule has 0 N–H and O–H groups in total. The van der Waals surface area contributed by atoms with E-state index in [1.165, 1.54) is 25.7 Å². The van der Waals surface area contributed by atoms with Gasteiger partial charge in [-0.3, -0.25) is 4.79 Å². The molecule has 17 heavy (non-hydrogen) atoms. The van der Waals surface area contributed by atoms with Gasteiger partial charge in [-0.25, -0.2) is 0 Å². The van der Waals surface area contributed by atoms with Gasteiger partial charge in [0.2, 0.25) is 0 Å². The largest absolute Gasteiger partial charge is 0.361 e. The van der Waals surface area contributed by atoms with Crippen molar-refractivity contribution in [3.63, 3.8) is 0 Å². The summed E-state index contributed by atoms with van der Waals surface area (Å²) in [6, 6.07) is 9.43. The molecule has 0 radical (unpaired) electrons. The standard InChI is InChI=1S/C15H20O2/c1-2-3-4-8-11-13-15(17-13)14(16)12-9-6-5-7-10-12/h5-7,9-10,13,15H,2-4,8,11H2,1H3/t13-,15-/m1/s1. The molecule has 1 aliphatic heterocycles. The lowest BCUT2D eigenvalue weighted by atomic mass is 10.0. The fraction of sp³-hybridized carbons (Fsp3) is 0.533. The van der Waals surface area contributed by atoms with Gasteiger partial charge in [0.15, 0.2) is 5.78 Å². The molecule has 0 aromatic heterocycles. The Hall–Kier alpha value is -1.15. The van der Waals surface area contributed by atoms with Gasteiger partial charge in [-0.2, -0.15) is 0 Å². The van der Waals surface area contributed by atoms with Gasteiger partial charge in [0.1, 0.15) is 6.10 Å². The van der Waals surface area contributed by atoms with Crippen LogP contribution in [0.15, 0.2) is 30.3 Å². The van der Waals surface area contributed by atoms with Gasteiger partial charge in [-0.15, -0.1) is 0 Å². The van der Waals surface area contributed by atoms with Crippen LogP contribution in [0.3, 0.4) is 0 Å². The number of Topliss-reactive ketones (excluding diaryl/α,β-unsaturated/α-hetero) is 1. The van der Waals surface area contributed by atoms with Crippen LogP contribution < -0.4 is 0 Å². The van der Waals surface area contributed by atoms with E-state index >= 15 is 0 Å². The second-order valence-corrected chi connectivity index (χ2v) is 4.67. The molecular formula is C15H20O2. The van der Waals surface area contributed by atoms with Gasteiger partial charge in [-0.1, -0.05) is 62.9 Å². The van der Waals surface area contributed by atoms with E-state index in [9.17, 15) is 4.79 Å². The average molecular weight is 232 g/mol. The minimum Gasteiger partial charge on any atom is -0.361 e. The first kappa shape index (κ1) is 12.3. The lowest BCUT2D eigenvalue weighted by molar-refractivity contribution is 0.0953. The number of epoxide rings is 1. The van der Waals surface area contributed by atoms with Crippen LogP contribution in [0.4, 0.5) is 0 Å². The van der Waals surface area contributed by atoms with E-state index in [1.807, 2.05) is 30.3 Å². The third-order valence-electron chi connectivity index (χ3n) is 3.24. The van der Waals surface area contributed by atoms with Crippen LogP contribution in [0.2, 0.25) is 0 Å². The monoisotopic (exact) mass is 232 g/mol. The van der Waals surface area contributed by atoms with Crippen LogP contribution in [0, 0.1) is 0 Å². The molecule has 2 rings (SSSR count). The fourth-order valence-corrected chi connectivity index (χ4v) is 2.13. The van der Waals surface area contributed by atoms with E-state index in [-0.39, 0.29) is 18.0 Å². The summed E-state index contributed by atoms with van der Waals surface area (Å²) in [6.07, 6.45) is 6.00.